The Kier molecular flexibility index (Phi) is 7.04. The van der Waals surface area contributed by atoms with Gasteiger partial charge in [0.05, 0.1) is 35.0 Å². The van der Waals surface area contributed by atoms with Crippen LogP contribution in [-0.4, -0.2) is 0 Å². The molecule has 246 valence electrons. The minimum Gasteiger partial charge on any atom is -0.310 e. The Morgan fingerprint density at radius 2 is 1.04 bits per heavy atom. The predicted octanol–water partition coefficient (Wildman–Crippen LogP) is 12.8. The van der Waals surface area contributed by atoms with E-state index < -0.39 is 5.41 Å². The van der Waals surface area contributed by atoms with Crippen molar-refractivity contribution in [1.82, 2.24) is 0 Å². The second-order valence-corrected chi connectivity index (χ2v) is 14.1. The van der Waals surface area contributed by atoms with Crippen LogP contribution in [0.25, 0.3) is 38.2 Å². The maximum atomic E-state index is 10.2. The van der Waals surface area contributed by atoms with Crippen molar-refractivity contribution in [2.45, 2.75) is 33.1 Å². The van der Waals surface area contributed by atoms with Gasteiger partial charge in [-0.05, 0) is 148 Å². The normalized spacial score (nSPS) is 13.1. The molecule has 1 aliphatic heterocycles. The van der Waals surface area contributed by atoms with Crippen LogP contribution in [-0.2, 0) is 5.41 Å². The number of anilines is 3. The zero-order chi connectivity index (χ0) is 35.7. The van der Waals surface area contributed by atoms with Crippen molar-refractivity contribution in [3.8, 4) is 39.4 Å². The van der Waals surface area contributed by atoms with Crippen LogP contribution in [0.15, 0.2) is 140 Å². The topological polar surface area (TPSA) is 31.4 Å². The van der Waals surface area contributed by atoms with Gasteiger partial charge < -0.3 is 4.90 Å². The van der Waals surface area contributed by atoms with Gasteiger partial charge in [-0.15, -0.1) is 0 Å². The van der Waals surface area contributed by atoms with Gasteiger partial charge in [-0.3, -0.25) is 0 Å². The number of nitrogens with zero attached hydrogens (tertiary/aromatic N) is 3. The van der Waals surface area contributed by atoms with Gasteiger partial charge >= 0.3 is 0 Å². The van der Waals surface area contributed by atoms with Crippen molar-refractivity contribution in [3.05, 3.63) is 201 Å². The Morgan fingerprint density at radius 1 is 0.538 bits per heavy atom. The summed E-state index contributed by atoms with van der Waals surface area (Å²) < 4.78 is 0. The lowest BCUT2D eigenvalue weighted by Gasteiger charge is -2.45. The monoisotopic (exact) mass is 665 g/mol. The van der Waals surface area contributed by atoms with E-state index in [0.717, 1.165) is 50.4 Å². The molecule has 0 unspecified atom stereocenters. The first-order valence-corrected chi connectivity index (χ1v) is 17.7. The lowest BCUT2D eigenvalue weighted by atomic mass is 9.64. The summed E-state index contributed by atoms with van der Waals surface area (Å²) in [5.74, 6) is 0. The van der Waals surface area contributed by atoms with Crippen LogP contribution in [0.1, 0.15) is 50.1 Å². The van der Waals surface area contributed by atoms with Crippen LogP contribution in [0.4, 0.5) is 22.7 Å². The van der Waals surface area contributed by atoms with E-state index in [1.165, 1.54) is 44.5 Å². The smallest absolute Gasteiger partial charge is 0.187 e. The second-order valence-electron chi connectivity index (χ2n) is 14.1. The number of hydrogen-bond acceptors (Lipinski definition) is 2. The van der Waals surface area contributed by atoms with Crippen molar-refractivity contribution in [2.24, 2.45) is 0 Å². The Morgan fingerprint density at radius 3 is 1.56 bits per heavy atom. The van der Waals surface area contributed by atoms with Gasteiger partial charge in [-0.1, -0.05) is 97.1 Å². The fourth-order valence-electron chi connectivity index (χ4n) is 9.12. The summed E-state index contributed by atoms with van der Waals surface area (Å²) in [4.78, 5) is 6.31. The number of fused-ring (bicyclic) bond motifs is 9. The summed E-state index contributed by atoms with van der Waals surface area (Å²) >= 11 is 0. The minimum absolute atomic E-state index is 0.600. The summed E-state index contributed by atoms with van der Waals surface area (Å²) in [6, 6.07) is 52.1. The summed E-state index contributed by atoms with van der Waals surface area (Å²) in [7, 11) is 0. The van der Waals surface area contributed by atoms with E-state index in [4.69, 9.17) is 6.57 Å². The average molecular weight is 666 g/mol. The maximum absolute atomic E-state index is 10.2. The first-order chi connectivity index (χ1) is 25.3. The molecule has 0 atom stereocenters. The molecule has 0 saturated carbocycles. The van der Waals surface area contributed by atoms with Crippen LogP contribution in [0, 0.1) is 45.6 Å². The summed E-state index contributed by atoms with van der Waals surface area (Å²) in [6.45, 7) is 16.8. The van der Waals surface area contributed by atoms with Gasteiger partial charge in [-0.2, -0.15) is 5.26 Å². The molecule has 7 aromatic rings. The molecule has 0 fully saturated rings. The molecule has 1 spiro atoms. The van der Waals surface area contributed by atoms with Gasteiger partial charge in [0.2, 0.25) is 0 Å². The van der Waals surface area contributed by atoms with Crippen LogP contribution < -0.4 is 4.90 Å². The molecular formula is C49H35N3. The van der Waals surface area contributed by atoms with Crippen LogP contribution in [0.2, 0.25) is 0 Å². The SMILES string of the molecule is [C-]#[N+]c1ccc2c(c1)C1(c3cc(C#N)ccc3-2)c2ccccc2N(c2cc(-c3c(C)cccc3C)cc(-c3c(C)cccc3C)c2)c2ccccc21. The molecule has 0 aromatic heterocycles. The average Bonchev–Trinajstić information content (AvgIpc) is 3.44. The number of aryl methyl sites for hydroxylation is 4. The second kappa shape index (κ2) is 11.7. The van der Waals surface area contributed by atoms with Gasteiger partial charge in [-0.25, -0.2) is 4.85 Å². The van der Waals surface area contributed by atoms with Crippen molar-refractivity contribution in [3.63, 3.8) is 0 Å². The summed E-state index contributed by atoms with van der Waals surface area (Å²) in [5, 5.41) is 10.2. The molecule has 0 amide bonds. The lowest BCUT2D eigenvalue weighted by Crippen LogP contribution is -2.36. The van der Waals surface area contributed by atoms with Gasteiger partial charge in [0.15, 0.2) is 5.69 Å². The van der Waals surface area contributed by atoms with Crippen LogP contribution in [0.5, 0.6) is 0 Å². The molecule has 0 bridgehead atoms. The van der Waals surface area contributed by atoms with Crippen molar-refractivity contribution in [1.29, 1.82) is 5.26 Å². The highest BCUT2D eigenvalue weighted by molar-refractivity contribution is 5.98. The first kappa shape index (κ1) is 31.3. The highest BCUT2D eigenvalue weighted by Crippen LogP contribution is 2.64. The van der Waals surface area contributed by atoms with E-state index in [2.05, 4.69) is 171 Å². The van der Waals surface area contributed by atoms with E-state index in [0.29, 0.717) is 11.3 Å². The van der Waals surface area contributed by atoms with Crippen LogP contribution >= 0.6 is 0 Å². The maximum Gasteiger partial charge on any atom is 0.187 e. The van der Waals surface area contributed by atoms with Gasteiger partial charge in [0.1, 0.15) is 0 Å². The molecule has 9 rings (SSSR count). The number of hydrogen-bond donors (Lipinski definition) is 0. The van der Waals surface area contributed by atoms with E-state index in [9.17, 15) is 5.26 Å². The van der Waals surface area contributed by atoms with E-state index in [-0.39, 0.29) is 0 Å². The first-order valence-electron chi connectivity index (χ1n) is 17.7. The Hall–Kier alpha value is -6.68. The highest BCUT2D eigenvalue weighted by atomic mass is 15.2. The van der Waals surface area contributed by atoms with E-state index in [1.807, 2.05) is 12.1 Å². The standard InChI is InChI=1S/C49H35N3/c1-30-12-10-13-31(2)47(30)35-25-36(48-32(3)14-11-15-33(48)4)27-38(26-35)52-45-18-8-6-16-41(45)49(42-17-7-9-19-46(42)52)43-24-34(29-50)20-22-39(43)40-23-21-37(51-5)28-44(40)49/h6-28H,1-4H3. The molecule has 0 radical (unpaired) electrons. The third-order valence-corrected chi connectivity index (χ3v) is 11.2. The van der Waals surface area contributed by atoms with Gasteiger partial charge in [0, 0.05) is 5.69 Å². The largest absolute Gasteiger partial charge is 0.310 e. The van der Waals surface area contributed by atoms with Gasteiger partial charge in [0.25, 0.3) is 0 Å². The molecule has 2 aliphatic rings. The minimum atomic E-state index is -0.735. The molecule has 1 heterocycles. The molecule has 0 saturated heterocycles. The van der Waals surface area contributed by atoms with Crippen molar-refractivity contribution >= 4 is 22.7 Å². The fourth-order valence-corrected chi connectivity index (χ4v) is 9.12. The molecule has 1 aliphatic carbocycles. The Bertz CT molecular complexity index is 2500. The predicted molar refractivity (Wildman–Crippen MR) is 213 cm³/mol. The zero-order valence-corrected chi connectivity index (χ0v) is 29.6. The highest BCUT2D eigenvalue weighted by Gasteiger charge is 2.51. The lowest BCUT2D eigenvalue weighted by molar-refractivity contribution is 0.753. The summed E-state index contributed by atoms with van der Waals surface area (Å²) in [6.07, 6.45) is 0. The molecule has 3 heteroatoms. The van der Waals surface area contributed by atoms with Crippen LogP contribution in [0.3, 0.4) is 0 Å². The number of benzene rings is 7. The summed E-state index contributed by atoms with van der Waals surface area (Å²) in [5.41, 5.74) is 20.1. The Balaban J connectivity index is 1.40. The molecular weight excluding hydrogens is 631 g/mol. The third kappa shape index (κ3) is 4.37. The molecule has 52 heavy (non-hydrogen) atoms. The van der Waals surface area contributed by atoms with Crippen molar-refractivity contribution in [2.75, 3.05) is 4.90 Å². The Labute approximate surface area is 305 Å². The molecule has 0 N–H and O–H groups in total. The number of para-hydroxylation sites is 2. The quantitative estimate of drug-likeness (QED) is 0.176. The number of rotatable bonds is 3. The number of nitriles is 1. The van der Waals surface area contributed by atoms with E-state index in [1.54, 1.807) is 0 Å². The van der Waals surface area contributed by atoms with E-state index >= 15 is 0 Å². The molecule has 3 nitrogen and oxygen atoms in total. The third-order valence-electron chi connectivity index (χ3n) is 11.2. The zero-order valence-electron chi connectivity index (χ0n) is 29.6. The molecule has 7 aromatic carbocycles. The van der Waals surface area contributed by atoms with Crippen molar-refractivity contribution < 1.29 is 0 Å². The fraction of sp³-hybridized carbons (Fsp3) is 0.102.